The summed E-state index contributed by atoms with van der Waals surface area (Å²) in [6.07, 6.45) is 3.27. The lowest BCUT2D eigenvalue weighted by Gasteiger charge is -2.36. The quantitative estimate of drug-likeness (QED) is 0.826. The van der Waals surface area contributed by atoms with Gasteiger partial charge in [-0.1, -0.05) is 6.92 Å². The second-order valence-electron chi connectivity index (χ2n) is 5.89. The molecule has 118 valence electrons. The van der Waals surface area contributed by atoms with Gasteiger partial charge in [-0.25, -0.2) is 13.2 Å². The van der Waals surface area contributed by atoms with E-state index in [4.69, 9.17) is 0 Å². The van der Waals surface area contributed by atoms with Crippen LogP contribution >= 0.6 is 0 Å². The van der Waals surface area contributed by atoms with Gasteiger partial charge in [-0.05, 0) is 45.2 Å². The van der Waals surface area contributed by atoms with E-state index in [9.17, 15) is 13.2 Å². The molecule has 1 saturated heterocycles. The second kappa shape index (κ2) is 7.16. The summed E-state index contributed by atoms with van der Waals surface area (Å²) in [6, 6.07) is 1.55. The number of benzene rings is 1. The third kappa shape index (κ3) is 4.13. The minimum Gasteiger partial charge on any atom is -0.380 e. The lowest BCUT2D eigenvalue weighted by molar-refractivity contribution is 0.165. The Balaban J connectivity index is 2.02. The van der Waals surface area contributed by atoms with Crippen LogP contribution in [0.3, 0.4) is 0 Å². The molecule has 0 spiro atoms. The maximum Gasteiger partial charge on any atom is 0.182 e. The summed E-state index contributed by atoms with van der Waals surface area (Å²) < 4.78 is 40.1. The Hall–Kier alpha value is -1.23. The number of nitrogens with one attached hydrogen (secondary N) is 1. The van der Waals surface area contributed by atoms with Crippen LogP contribution in [0, 0.1) is 23.4 Å². The Morgan fingerprint density at radius 1 is 1.33 bits per heavy atom. The van der Waals surface area contributed by atoms with Gasteiger partial charge < -0.3 is 10.2 Å². The predicted molar refractivity (Wildman–Crippen MR) is 78.9 cm³/mol. The smallest absolute Gasteiger partial charge is 0.182 e. The molecule has 0 amide bonds. The van der Waals surface area contributed by atoms with Crippen molar-refractivity contribution in [1.82, 2.24) is 4.90 Å². The van der Waals surface area contributed by atoms with E-state index in [0.29, 0.717) is 12.0 Å². The normalized spacial score (nSPS) is 21.3. The van der Waals surface area contributed by atoms with Crippen molar-refractivity contribution in [1.29, 1.82) is 0 Å². The molecule has 0 aromatic heterocycles. The molecule has 2 unspecified atom stereocenters. The maximum atomic E-state index is 13.7. The highest BCUT2D eigenvalue weighted by atomic mass is 19.2. The van der Waals surface area contributed by atoms with E-state index in [-0.39, 0.29) is 11.7 Å². The highest BCUT2D eigenvalue weighted by Gasteiger charge is 2.25. The molecule has 5 heteroatoms. The van der Waals surface area contributed by atoms with Crippen LogP contribution < -0.4 is 5.32 Å². The van der Waals surface area contributed by atoms with Crippen LogP contribution in [-0.4, -0.2) is 30.6 Å². The van der Waals surface area contributed by atoms with Gasteiger partial charge in [0.1, 0.15) is 5.82 Å². The van der Waals surface area contributed by atoms with Crippen molar-refractivity contribution in [2.45, 2.75) is 39.2 Å². The molecule has 1 fully saturated rings. The molecule has 2 nitrogen and oxygen atoms in total. The molecule has 1 N–H and O–H groups in total. The van der Waals surface area contributed by atoms with Crippen molar-refractivity contribution in [2.24, 2.45) is 5.92 Å². The molecule has 1 aromatic rings. The molecule has 1 aliphatic rings. The van der Waals surface area contributed by atoms with Crippen LogP contribution in [0.2, 0.25) is 0 Å². The van der Waals surface area contributed by atoms with Gasteiger partial charge in [0.25, 0.3) is 0 Å². The maximum absolute atomic E-state index is 13.7. The Morgan fingerprint density at radius 3 is 2.81 bits per heavy atom. The van der Waals surface area contributed by atoms with Gasteiger partial charge in [0.2, 0.25) is 0 Å². The number of rotatable bonds is 5. The Bertz CT molecular complexity index is 477. The van der Waals surface area contributed by atoms with E-state index in [2.05, 4.69) is 17.1 Å². The monoisotopic (exact) mass is 300 g/mol. The highest BCUT2D eigenvalue weighted by Crippen LogP contribution is 2.25. The van der Waals surface area contributed by atoms with E-state index in [1.165, 1.54) is 0 Å². The van der Waals surface area contributed by atoms with Gasteiger partial charge >= 0.3 is 0 Å². The first-order valence-corrected chi connectivity index (χ1v) is 7.64. The first-order chi connectivity index (χ1) is 10.0. The fourth-order valence-corrected chi connectivity index (χ4v) is 3.04. The number of anilines is 1. The summed E-state index contributed by atoms with van der Waals surface area (Å²) in [5.74, 6) is -2.57. The topological polar surface area (TPSA) is 15.3 Å². The van der Waals surface area contributed by atoms with Gasteiger partial charge in [-0.2, -0.15) is 0 Å². The van der Waals surface area contributed by atoms with Crippen LogP contribution in [0.4, 0.5) is 18.9 Å². The number of nitrogens with zero attached hydrogens (tertiary/aromatic N) is 1. The number of halogens is 3. The Labute approximate surface area is 124 Å². The van der Waals surface area contributed by atoms with Crippen molar-refractivity contribution >= 4 is 5.69 Å². The van der Waals surface area contributed by atoms with E-state index in [0.717, 1.165) is 45.0 Å². The molecule has 21 heavy (non-hydrogen) atoms. The van der Waals surface area contributed by atoms with E-state index < -0.39 is 17.5 Å². The van der Waals surface area contributed by atoms with Gasteiger partial charge in [0.05, 0.1) is 5.69 Å². The minimum atomic E-state index is -1.15. The van der Waals surface area contributed by atoms with Crippen molar-refractivity contribution < 1.29 is 13.2 Å². The van der Waals surface area contributed by atoms with Crippen molar-refractivity contribution in [2.75, 3.05) is 25.0 Å². The van der Waals surface area contributed by atoms with E-state index >= 15 is 0 Å². The number of hydrogen-bond acceptors (Lipinski definition) is 2. The van der Waals surface area contributed by atoms with Crippen molar-refractivity contribution in [3.8, 4) is 0 Å². The van der Waals surface area contributed by atoms with Crippen LogP contribution in [0.5, 0.6) is 0 Å². The van der Waals surface area contributed by atoms with E-state index in [1.54, 1.807) is 0 Å². The molecule has 1 heterocycles. The summed E-state index contributed by atoms with van der Waals surface area (Å²) in [5, 5.41) is 2.94. The van der Waals surface area contributed by atoms with Crippen molar-refractivity contribution in [3.05, 3.63) is 29.6 Å². The van der Waals surface area contributed by atoms with Crippen molar-refractivity contribution in [3.63, 3.8) is 0 Å². The van der Waals surface area contributed by atoms with Gasteiger partial charge in [-0.3, -0.25) is 0 Å². The first kappa shape index (κ1) is 16.1. The third-order valence-electron chi connectivity index (χ3n) is 4.17. The average molecular weight is 300 g/mol. The average Bonchev–Trinajstić information content (AvgIpc) is 2.45. The number of likely N-dealkylation sites (tertiary alicyclic amines) is 1. The van der Waals surface area contributed by atoms with Crippen LogP contribution in [-0.2, 0) is 0 Å². The zero-order valence-corrected chi connectivity index (χ0v) is 12.6. The van der Waals surface area contributed by atoms with Crippen LogP contribution in [0.15, 0.2) is 12.1 Å². The summed E-state index contributed by atoms with van der Waals surface area (Å²) in [7, 11) is 0. The molecule has 0 saturated carbocycles. The molecular weight excluding hydrogens is 277 g/mol. The van der Waals surface area contributed by atoms with Gasteiger partial charge in [0, 0.05) is 24.7 Å². The number of piperidine rings is 1. The molecule has 0 radical (unpaired) electrons. The third-order valence-corrected chi connectivity index (χ3v) is 4.17. The lowest BCUT2D eigenvalue weighted by Crippen LogP contribution is -2.42. The summed E-state index contributed by atoms with van der Waals surface area (Å²) >= 11 is 0. The molecule has 0 bridgehead atoms. The Kier molecular flexibility index (Phi) is 5.51. The molecule has 1 aromatic carbocycles. The zero-order valence-electron chi connectivity index (χ0n) is 12.6. The molecular formula is C16H23F3N2. The summed E-state index contributed by atoms with van der Waals surface area (Å²) in [4.78, 5) is 2.40. The first-order valence-electron chi connectivity index (χ1n) is 7.64. The second-order valence-corrected chi connectivity index (χ2v) is 5.89. The zero-order chi connectivity index (χ0) is 15.4. The minimum absolute atomic E-state index is 0.0274. The largest absolute Gasteiger partial charge is 0.380 e. The molecule has 0 aliphatic carbocycles. The SMILES string of the molecule is CCCN1CCCC(C(C)Nc2cc(F)cc(F)c2F)C1. The highest BCUT2D eigenvalue weighted by molar-refractivity contribution is 5.46. The molecule has 1 aliphatic heterocycles. The summed E-state index contributed by atoms with van der Waals surface area (Å²) in [6.45, 7) is 7.20. The van der Waals surface area contributed by atoms with Gasteiger partial charge in [-0.15, -0.1) is 0 Å². The van der Waals surface area contributed by atoms with Crippen LogP contribution in [0.1, 0.15) is 33.1 Å². The number of hydrogen-bond donors (Lipinski definition) is 1. The van der Waals surface area contributed by atoms with Gasteiger partial charge in [0.15, 0.2) is 11.6 Å². The standard InChI is InChI=1S/C16H23F3N2/c1-3-6-21-7-4-5-12(10-21)11(2)20-15-9-13(17)8-14(18)16(15)19/h8-9,11-12,20H,3-7,10H2,1-2H3. The Morgan fingerprint density at radius 2 is 2.10 bits per heavy atom. The molecule has 2 atom stereocenters. The lowest BCUT2D eigenvalue weighted by atomic mass is 9.91. The molecule has 2 rings (SSSR count). The fourth-order valence-electron chi connectivity index (χ4n) is 3.04. The summed E-state index contributed by atoms with van der Waals surface area (Å²) in [5.41, 5.74) is -0.0902. The van der Waals surface area contributed by atoms with Crippen LogP contribution in [0.25, 0.3) is 0 Å². The van der Waals surface area contributed by atoms with E-state index in [1.807, 2.05) is 6.92 Å². The predicted octanol–water partition coefficient (Wildman–Crippen LogP) is 4.03. The fraction of sp³-hybridized carbons (Fsp3) is 0.625.